The van der Waals surface area contributed by atoms with Crippen molar-refractivity contribution in [3.05, 3.63) is 75.8 Å². The van der Waals surface area contributed by atoms with Gasteiger partial charge in [0.2, 0.25) is 0 Å². The highest BCUT2D eigenvalue weighted by molar-refractivity contribution is 7.93. The molecule has 24 heavy (non-hydrogen) atoms. The van der Waals surface area contributed by atoms with Crippen LogP contribution < -0.4 is 5.32 Å². The Balaban J connectivity index is 1.87. The summed E-state index contributed by atoms with van der Waals surface area (Å²) in [5.74, 6) is -0.257. The van der Waals surface area contributed by atoms with Gasteiger partial charge in [-0.05, 0) is 28.5 Å². The molecule has 0 radical (unpaired) electrons. The van der Waals surface area contributed by atoms with E-state index in [-0.39, 0.29) is 12.5 Å². The van der Waals surface area contributed by atoms with E-state index in [9.17, 15) is 13.2 Å². The monoisotopic (exact) mass is 377 g/mol. The minimum Gasteiger partial charge on any atom is -0.350 e. The Morgan fingerprint density at radius 2 is 1.67 bits per heavy atom. The Hall–Kier alpha value is -1.96. The van der Waals surface area contributed by atoms with Gasteiger partial charge in [-0.15, -0.1) is 22.7 Å². The first kappa shape index (κ1) is 16.9. The predicted octanol–water partition coefficient (Wildman–Crippen LogP) is 3.75. The molecule has 1 amide bonds. The number of sulfone groups is 1. The number of thiophene rings is 2. The molecule has 0 fully saturated rings. The molecule has 0 bridgehead atoms. The molecule has 1 atom stereocenters. The fourth-order valence-electron chi connectivity index (χ4n) is 2.32. The van der Waals surface area contributed by atoms with Gasteiger partial charge in [0.15, 0.2) is 9.84 Å². The summed E-state index contributed by atoms with van der Waals surface area (Å²) in [5, 5.41) is 5.48. The van der Waals surface area contributed by atoms with Gasteiger partial charge in [0.1, 0.15) is 9.46 Å². The molecule has 3 rings (SSSR count). The zero-order chi connectivity index (χ0) is 17.0. The maximum atomic E-state index is 13.0. The minimum atomic E-state index is -3.57. The van der Waals surface area contributed by atoms with Gasteiger partial charge in [0.25, 0.3) is 5.91 Å². The van der Waals surface area contributed by atoms with E-state index in [0.29, 0.717) is 14.6 Å². The van der Waals surface area contributed by atoms with Gasteiger partial charge in [-0.2, -0.15) is 0 Å². The molecule has 0 saturated heterocycles. The van der Waals surface area contributed by atoms with Crippen molar-refractivity contribution in [1.82, 2.24) is 5.32 Å². The third-order valence-electron chi connectivity index (χ3n) is 3.51. The second-order valence-corrected chi connectivity index (χ2v) is 9.32. The maximum Gasteiger partial charge on any atom is 0.261 e. The lowest BCUT2D eigenvalue weighted by Gasteiger charge is -2.18. The van der Waals surface area contributed by atoms with Crippen LogP contribution in [0.2, 0.25) is 0 Å². The number of rotatable bonds is 6. The lowest BCUT2D eigenvalue weighted by atomic mass is 10.1. The SMILES string of the molecule is O=C(NC[C@@H](c1ccccc1)S(=O)(=O)c1cccs1)c1cccs1. The highest BCUT2D eigenvalue weighted by Gasteiger charge is 2.30. The van der Waals surface area contributed by atoms with Crippen molar-refractivity contribution in [3.63, 3.8) is 0 Å². The van der Waals surface area contributed by atoms with Crippen molar-refractivity contribution in [1.29, 1.82) is 0 Å². The molecule has 124 valence electrons. The van der Waals surface area contributed by atoms with E-state index in [1.807, 2.05) is 11.4 Å². The number of hydrogen-bond donors (Lipinski definition) is 1. The number of carbonyl (C=O) groups is 1. The van der Waals surface area contributed by atoms with E-state index < -0.39 is 15.1 Å². The first-order chi connectivity index (χ1) is 11.6. The maximum absolute atomic E-state index is 13.0. The highest BCUT2D eigenvalue weighted by Crippen LogP contribution is 2.31. The first-order valence-corrected chi connectivity index (χ1v) is 10.5. The zero-order valence-electron chi connectivity index (χ0n) is 12.6. The number of hydrogen-bond acceptors (Lipinski definition) is 5. The molecule has 0 saturated carbocycles. The summed E-state index contributed by atoms with van der Waals surface area (Å²) in [5.41, 5.74) is 0.664. The van der Waals surface area contributed by atoms with E-state index in [1.165, 1.54) is 22.7 Å². The van der Waals surface area contributed by atoms with E-state index in [2.05, 4.69) is 5.32 Å². The van der Waals surface area contributed by atoms with Crippen molar-refractivity contribution in [3.8, 4) is 0 Å². The Kier molecular flexibility index (Phi) is 5.13. The van der Waals surface area contributed by atoms with Crippen molar-refractivity contribution < 1.29 is 13.2 Å². The molecule has 0 spiro atoms. The van der Waals surface area contributed by atoms with Crippen LogP contribution in [-0.4, -0.2) is 20.9 Å². The van der Waals surface area contributed by atoms with Crippen LogP contribution in [0.4, 0.5) is 0 Å². The standard InChI is InChI=1S/C17H15NO3S3/c19-17(14-8-4-10-22-14)18-12-15(13-6-2-1-3-7-13)24(20,21)16-9-5-11-23-16/h1-11,15H,12H2,(H,18,19)/t15-/m0/s1. The topological polar surface area (TPSA) is 63.2 Å². The van der Waals surface area contributed by atoms with Crippen molar-refractivity contribution in [2.75, 3.05) is 6.54 Å². The number of carbonyl (C=O) groups excluding carboxylic acids is 1. The Labute approximate surface area is 148 Å². The smallest absolute Gasteiger partial charge is 0.261 e. The molecule has 0 aliphatic heterocycles. The molecule has 2 aromatic heterocycles. The van der Waals surface area contributed by atoms with Gasteiger partial charge in [-0.1, -0.05) is 42.5 Å². The van der Waals surface area contributed by atoms with Gasteiger partial charge < -0.3 is 5.32 Å². The van der Waals surface area contributed by atoms with Gasteiger partial charge in [-0.3, -0.25) is 4.79 Å². The van der Waals surface area contributed by atoms with Crippen LogP contribution >= 0.6 is 22.7 Å². The summed E-state index contributed by atoms with van der Waals surface area (Å²) in [6.45, 7) is 0.0287. The van der Waals surface area contributed by atoms with Gasteiger partial charge in [0, 0.05) is 6.54 Å². The van der Waals surface area contributed by atoms with E-state index >= 15 is 0 Å². The zero-order valence-corrected chi connectivity index (χ0v) is 15.0. The van der Waals surface area contributed by atoms with E-state index in [4.69, 9.17) is 0 Å². The quantitative estimate of drug-likeness (QED) is 0.711. The minimum absolute atomic E-state index is 0.0287. The van der Waals surface area contributed by atoms with E-state index in [0.717, 1.165) is 0 Å². The van der Waals surface area contributed by atoms with Crippen molar-refractivity contribution in [2.45, 2.75) is 9.46 Å². The Bertz CT molecular complexity index is 886. The van der Waals surface area contributed by atoms with Crippen LogP contribution in [0.25, 0.3) is 0 Å². The summed E-state index contributed by atoms with van der Waals surface area (Å²) in [4.78, 5) is 12.7. The molecule has 0 aliphatic rings. The molecular weight excluding hydrogens is 362 g/mol. The third-order valence-corrected chi connectivity index (χ3v) is 7.92. The molecule has 2 heterocycles. The summed E-state index contributed by atoms with van der Waals surface area (Å²) >= 11 is 2.51. The normalized spacial score (nSPS) is 12.7. The fraction of sp³-hybridized carbons (Fsp3) is 0.118. The molecule has 3 aromatic rings. The van der Waals surface area contributed by atoms with Gasteiger partial charge in [0.05, 0.1) is 4.88 Å². The van der Waals surface area contributed by atoms with Gasteiger partial charge >= 0.3 is 0 Å². The largest absolute Gasteiger partial charge is 0.350 e. The summed E-state index contributed by atoms with van der Waals surface area (Å²) in [7, 11) is -3.57. The lowest BCUT2D eigenvalue weighted by molar-refractivity contribution is 0.0957. The Morgan fingerprint density at radius 1 is 0.958 bits per heavy atom. The highest BCUT2D eigenvalue weighted by atomic mass is 32.2. The molecule has 1 N–H and O–H groups in total. The lowest BCUT2D eigenvalue weighted by Crippen LogP contribution is -2.31. The van der Waals surface area contributed by atoms with Crippen LogP contribution in [0.3, 0.4) is 0 Å². The van der Waals surface area contributed by atoms with Crippen LogP contribution in [0.15, 0.2) is 69.6 Å². The average Bonchev–Trinajstić information content (AvgIpc) is 3.29. The fourth-order valence-corrected chi connectivity index (χ4v) is 5.83. The number of amides is 1. The predicted molar refractivity (Wildman–Crippen MR) is 97.3 cm³/mol. The van der Waals surface area contributed by atoms with E-state index in [1.54, 1.807) is 53.9 Å². The van der Waals surface area contributed by atoms with Crippen LogP contribution in [0, 0.1) is 0 Å². The van der Waals surface area contributed by atoms with Crippen molar-refractivity contribution in [2.24, 2.45) is 0 Å². The summed E-state index contributed by atoms with van der Waals surface area (Å²) in [6.07, 6.45) is 0. The van der Waals surface area contributed by atoms with Crippen LogP contribution in [-0.2, 0) is 9.84 Å². The van der Waals surface area contributed by atoms with Crippen LogP contribution in [0.1, 0.15) is 20.5 Å². The summed E-state index contributed by atoms with van der Waals surface area (Å²) in [6, 6.07) is 15.8. The summed E-state index contributed by atoms with van der Waals surface area (Å²) < 4.78 is 26.2. The second kappa shape index (κ2) is 7.29. The second-order valence-electron chi connectivity index (χ2n) is 5.06. The average molecular weight is 378 g/mol. The molecule has 1 aromatic carbocycles. The van der Waals surface area contributed by atoms with Gasteiger partial charge in [-0.25, -0.2) is 8.42 Å². The number of nitrogens with one attached hydrogen (secondary N) is 1. The molecule has 0 aliphatic carbocycles. The van der Waals surface area contributed by atoms with Crippen molar-refractivity contribution >= 4 is 38.4 Å². The molecule has 0 unspecified atom stereocenters. The molecule has 4 nitrogen and oxygen atoms in total. The Morgan fingerprint density at radius 3 is 2.29 bits per heavy atom. The first-order valence-electron chi connectivity index (χ1n) is 7.23. The molecule has 7 heteroatoms. The third kappa shape index (κ3) is 3.58. The number of benzene rings is 1. The molecular formula is C17H15NO3S3. The van der Waals surface area contributed by atoms with Crippen LogP contribution in [0.5, 0.6) is 0 Å².